The number of rotatable bonds is 23. The summed E-state index contributed by atoms with van der Waals surface area (Å²) in [5, 5.41) is 18.9. The third-order valence-corrected chi connectivity index (χ3v) is 9.39. The Morgan fingerprint density at radius 2 is 1.32 bits per heavy atom. The van der Waals surface area contributed by atoms with Crippen molar-refractivity contribution in [3.05, 3.63) is 79.9 Å². The van der Waals surface area contributed by atoms with E-state index in [-0.39, 0.29) is 11.9 Å². The topological polar surface area (TPSA) is 127 Å². The molecule has 0 saturated heterocycles. The minimum Gasteiger partial charge on any atom is -0.494 e. The molecular formula is C37H44N6O5S2. The number of hydrogen-bond donors (Lipinski definition) is 0. The van der Waals surface area contributed by atoms with Gasteiger partial charge in [-0.3, -0.25) is 0 Å². The van der Waals surface area contributed by atoms with Crippen LogP contribution in [0.25, 0.3) is 9.53 Å². The van der Waals surface area contributed by atoms with Crippen molar-refractivity contribution in [2.24, 2.45) is 20.5 Å². The van der Waals surface area contributed by atoms with Crippen LogP contribution in [-0.2, 0) is 19.1 Å². The number of carbonyl (C=O) groups excluding carboxylic acids is 2. The number of carbonyl (C=O) groups is 2. The lowest BCUT2D eigenvalue weighted by atomic mass is 10.1. The number of azo groups is 2. The highest BCUT2D eigenvalue weighted by atomic mass is 32.1. The van der Waals surface area contributed by atoms with Crippen LogP contribution in [0.1, 0.15) is 58.3 Å². The third kappa shape index (κ3) is 13.3. The number of aromatic nitrogens is 1. The third-order valence-electron chi connectivity index (χ3n) is 7.47. The number of hydrogen-bond acceptors (Lipinski definition) is 13. The quantitative estimate of drug-likeness (QED) is 0.0323. The summed E-state index contributed by atoms with van der Waals surface area (Å²) in [4.78, 5) is 29.9. The van der Waals surface area contributed by atoms with Gasteiger partial charge in [-0.2, -0.15) is 0 Å². The lowest BCUT2D eigenvalue weighted by Crippen LogP contribution is -2.24. The number of benzene rings is 2. The summed E-state index contributed by atoms with van der Waals surface area (Å²) in [5.41, 5.74) is 2.60. The number of thiophene rings is 1. The van der Waals surface area contributed by atoms with Crippen LogP contribution >= 0.6 is 22.7 Å². The van der Waals surface area contributed by atoms with E-state index >= 15 is 0 Å². The fourth-order valence-corrected chi connectivity index (χ4v) is 6.64. The summed E-state index contributed by atoms with van der Waals surface area (Å²) in [7, 11) is 0. The molecule has 0 unspecified atom stereocenters. The molecule has 0 aliphatic heterocycles. The molecule has 0 N–H and O–H groups in total. The van der Waals surface area contributed by atoms with Crippen LogP contribution in [0.2, 0.25) is 0 Å². The van der Waals surface area contributed by atoms with Gasteiger partial charge >= 0.3 is 11.9 Å². The molecule has 0 amide bonds. The average Bonchev–Trinajstić information content (AvgIpc) is 3.71. The van der Waals surface area contributed by atoms with Crippen molar-refractivity contribution >= 4 is 71.3 Å². The monoisotopic (exact) mass is 716 g/mol. The molecule has 4 rings (SSSR count). The first kappa shape index (κ1) is 38.1. The number of esters is 2. The van der Waals surface area contributed by atoms with Gasteiger partial charge in [0.25, 0.3) is 0 Å². The van der Waals surface area contributed by atoms with Gasteiger partial charge in [-0.25, -0.2) is 14.6 Å². The first-order valence-electron chi connectivity index (χ1n) is 16.9. The van der Waals surface area contributed by atoms with Crippen molar-refractivity contribution in [2.75, 3.05) is 37.8 Å². The number of unbranched alkanes of at least 4 members (excludes halogenated alkanes) is 6. The highest BCUT2D eigenvalue weighted by Gasteiger charge is 2.09. The van der Waals surface area contributed by atoms with Crippen LogP contribution < -0.4 is 9.64 Å². The van der Waals surface area contributed by atoms with Crippen LogP contribution in [0.3, 0.4) is 0 Å². The van der Waals surface area contributed by atoms with E-state index in [1.165, 1.54) is 34.8 Å². The van der Waals surface area contributed by atoms with E-state index in [0.29, 0.717) is 25.0 Å². The van der Waals surface area contributed by atoms with Gasteiger partial charge in [0.05, 0.1) is 35.9 Å². The van der Waals surface area contributed by atoms with Gasteiger partial charge in [-0.15, -0.1) is 20.5 Å². The van der Waals surface area contributed by atoms with Crippen molar-refractivity contribution in [1.29, 1.82) is 0 Å². The fourth-order valence-electron chi connectivity index (χ4n) is 4.79. The molecule has 0 aliphatic carbocycles. The molecule has 0 spiro atoms. The van der Waals surface area contributed by atoms with Gasteiger partial charge in [0.2, 0.25) is 5.13 Å². The van der Waals surface area contributed by atoms with Crippen molar-refractivity contribution in [1.82, 2.24) is 4.98 Å². The smallest absolute Gasteiger partial charge is 0.330 e. The molecular weight excluding hydrogens is 673 g/mol. The van der Waals surface area contributed by atoms with Crippen LogP contribution in [0, 0.1) is 0 Å². The fraction of sp³-hybridized carbons (Fsp3) is 0.378. The number of thiazole rings is 1. The maximum Gasteiger partial charge on any atom is 0.330 e. The summed E-state index contributed by atoms with van der Waals surface area (Å²) in [5.74, 6) is 0.0717. The number of nitrogens with zero attached hydrogens (tertiary/aromatic N) is 6. The number of anilines is 1. The second-order valence-corrected chi connectivity index (χ2v) is 13.2. The summed E-state index contributed by atoms with van der Waals surface area (Å²) in [6, 6.07) is 17.5. The lowest BCUT2D eigenvalue weighted by Gasteiger charge is -2.23. The molecule has 264 valence electrons. The number of fused-ring (bicyclic) bond motifs is 1. The normalized spacial score (nSPS) is 11.3. The predicted molar refractivity (Wildman–Crippen MR) is 201 cm³/mol. The number of ether oxygens (including phenoxy) is 3. The van der Waals surface area contributed by atoms with Gasteiger partial charge < -0.3 is 19.1 Å². The van der Waals surface area contributed by atoms with Gasteiger partial charge in [0.1, 0.15) is 15.6 Å². The predicted octanol–water partition coefficient (Wildman–Crippen LogP) is 11.0. The molecule has 0 aliphatic rings. The van der Waals surface area contributed by atoms with Crippen molar-refractivity contribution in [3.8, 4) is 5.75 Å². The Bertz CT molecular complexity index is 1680. The van der Waals surface area contributed by atoms with Crippen LogP contribution in [0.5, 0.6) is 5.75 Å². The highest BCUT2D eigenvalue weighted by Crippen LogP contribution is 2.39. The molecule has 11 nitrogen and oxygen atoms in total. The zero-order chi connectivity index (χ0) is 35.4. The molecule has 0 atom stereocenters. The lowest BCUT2D eigenvalue weighted by molar-refractivity contribution is -0.138. The maximum atomic E-state index is 11.2. The Morgan fingerprint density at radius 3 is 1.94 bits per heavy atom. The SMILES string of the molecule is C=CC(=O)OCCCCCCCCOc1ccc(N=Nc2cc3sc(N=Nc4ccc(N(CC)CCCCOC(=O)C=C)cc4)nc3s2)cc1. The van der Waals surface area contributed by atoms with Gasteiger partial charge in [-0.1, -0.05) is 61.5 Å². The first-order valence-corrected chi connectivity index (χ1v) is 18.5. The Kier molecular flexibility index (Phi) is 16.3. The van der Waals surface area contributed by atoms with Gasteiger partial charge in [0, 0.05) is 30.9 Å². The minimum atomic E-state index is -0.383. The largest absolute Gasteiger partial charge is 0.494 e. The zero-order valence-corrected chi connectivity index (χ0v) is 30.1. The molecule has 0 bridgehead atoms. The zero-order valence-electron chi connectivity index (χ0n) is 28.5. The molecule has 0 fully saturated rings. The summed E-state index contributed by atoms with van der Waals surface area (Å²) in [6.45, 7) is 12.2. The maximum absolute atomic E-state index is 11.2. The van der Waals surface area contributed by atoms with E-state index in [4.69, 9.17) is 14.2 Å². The Morgan fingerprint density at radius 1 is 0.740 bits per heavy atom. The summed E-state index contributed by atoms with van der Waals surface area (Å²) < 4.78 is 16.9. The van der Waals surface area contributed by atoms with E-state index in [0.717, 1.165) is 102 Å². The molecule has 2 aromatic heterocycles. The van der Waals surface area contributed by atoms with E-state index in [1.54, 1.807) is 0 Å². The summed E-state index contributed by atoms with van der Waals surface area (Å²) >= 11 is 2.92. The van der Waals surface area contributed by atoms with Crippen molar-refractivity contribution < 1.29 is 23.8 Å². The second-order valence-electron chi connectivity index (χ2n) is 11.2. The second kappa shape index (κ2) is 21.4. The molecule has 4 aromatic rings. The van der Waals surface area contributed by atoms with Crippen molar-refractivity contribution in [2.45, 2.75) is 58.3 Å². The molecule has 2 heterocycles. The standard InChI is InChI=1S/C37H44N6O5S2/c1-4-34(44)47-25-13-10-8-7-9-12-24-46-31-21-17-29(18-22-31)39-41-33-27-32-36(50-33)38-37(49-32)42-40-28-15-19-30(20-16-28)43(6-3)23-11-14-26-48-35(45)5-2/h4-5,15-22,27H,1-2,6-14,23-26H2,3H3. The minimum absolute atomic E-state index is 0.357. The van der Waals surface area contributed by atoms with E-state index < -0.39 is 0 Å². The Hall–Kier alpha value is -4.75. The summed E-state index contributed by atoms with van der Waals surface area (Å²) in [6.07, 6.45) is 10.4. The Labute approximate surface area is 301 Å². The van der Waals surface area contributed by atoms with E-state index in [1.807, 2.05) is 54.6 Å². The van der Waals surface area contributed by atoms with Crippen LogP contribution in [0.4, 0.5) is 27.2 Å². The molecule has 0 radical (unpaired) electrons. The van der Waals surface area contributed by atoms with Gasteiger partial charge in [-0.05, 0) is 87.2 Å². The molecule has 13 heteroatoms. The van der Waals surface area contributed by atoms with Crippen LogP contribution in [0.15, 0.2) is 100 Å². The van der Waals surface area contributed by atoms with Crippen LogP contribution in [-0.4, -0.2) is 49.8 Å². The Balaban J connectivity index is 1.15. The molecule has 2 aromatic carbocycles. The molecule has 50 heavy (non-hydrogen) atoms. The van der Waals surface area contributed by atoms with E-state index in [9.17, 15) is 9.59 Å². The van der Waals surface area contributed by atoms with E-state index in [2.05, 4.69) is 50.4 Å². The molecule has 0 saturated carbocycles. The average molecular weight is 717 g/mol. The first-order chi connectivity index (χ1) is 24.5. The van der Waals surface area contributed by atoms with Gasteiger partial charge in [0.15, 0.2) is 0 Å². The highest BCUT2D eigenvalue weighted by molar-refractivity contribution is 7.30. The van der Waals surface area contributed by atoms with Crippen molar-refractivity contribution in [3.63, 3.8) is 0 Å².